The van der Waals surface area contributed by atoms with Crippen LogP contribution in [0.15, 0.2) is 24.5 Å². The van der Waals surface area contributed by atoms with Gasteiger partial charge in [0.15, 0.2) is 0 Å². The van der Waals surface area contributed by atoms with Crippen molar-refractivity contribution in [1.29, 1.82) is 0 Å². The van der Waals surface area contributed by atoms with Gasteiger partial charge in [-0.05, 0) is 36.3 Å². The molecule has 1 N–H and O–H groups in total. The van der Waals surface area contributed by atoms with Crippen LogP contribution in [0.3, 0.4) is 0 Å². The average molecular weight is 205 g/mol. The summed E-state index contributed by atoms with van der Waals surface area (Å²) in [6.07, 6.45) is 8.08. The Morgan fingerprint density at radius 3 is 3.00 bits per heavy atom. The predicted molar refractivity (Wildman–Crippen MR) is 60.3 cm³/mol. The first-order chi connectivity index (χ1) is 7.31. The van der Waals surface area contributed by atoms with Gasteiger partial charge in [-0.25, -0.2) is 0 Å². The van der Waals surface area contributed by atoms with Crippen LogP contribution in [0.5, 0.6) is 0 Å². The molecule has 3 unspecified atom stereocenters. The van der Waals surface area contributed by atoms with Crippen LogP contribution in [0.25, 0.3) is 0 Å². The van der Waals surface area contributed by atoms with Crippen molar-refractivity contribution in [1.82, 2.24) is 4.98 Å². The highest BCUT2D eigenvalue weighted by Crippen LogP contribution is 2.39. The monoisotopic (exact) mass is 205 g/mol. The van der Waals surface area contributed by atoms with E-state index in [-0.39, 0.29) is 6.10 Å². The van der Waals surface area contributed by atoms with E-state index in [1.807, 2.05) is 12.1 Å². The van der Waals surface area contributed by atoms with Crippen molar-refractivity contribution in [2.45, 2.75) is 38.7 Å². The molecule has 0 aromatic carbocycles. The van der Waals surface area contributed by atoms with Crippen LogP contribution in [0.2, 0.25) is 0 Å². The number of hydrogen-bond acceptors (Lipinski definition) is 2. The topological polar surface area (TPSA) is 33.1 Å². The van der Waals surface area contributed by atoms with Gasteiger partial charge in [0.1, 0.15) is 0 Å². The third kappa shape index (κ3) is 2.37. The minimum Gasteiger partial charge on any atom is -0.388 e. The number of hydrogen-bond donors (Lipinski definition) is 1. The van der Waals surface area contributed by atoms with Crippen molar-refractivity contribution in [3.05, 3.63) is 30.1 Å². The summed E-state index contributed by atoms with van der Waals surface area (Å²) in [5.74, 6) is 1.26. The summed E-state index contributed by atoms with van der Waals surface area (Å²) in [6, 6.07) is 3.86. The van der Waals surface area contributed by atoms with Gasteiger partial charge in [-0.3, -0.25) is 4.98 Å². The van der Waals surface area contributed by atoms with Gasteiger partial charge in [0, 0.05) is 12.4 Å². The van der Waals surface area contributed by atoms with E-state index in [0.717, 1.165) is 17.9 Å². The Morgan fingerprint density at radius 2 is 2.40 bits per heavy atom. The molecule has 1 heterocycles. The summed E-state index contributed by atoms with van der Waals surface area (Å²) in [6.45, 7) is 2.24. The summed E-state index contributed by atoms with van der Waals surface area (Å²) in [5, 5.41) is 10.2. The lowest BCUT2D eigenvalue weighted by Crippen LogP contribution is -2.09. The van der Waals surface area contributed by atoms with Gasteiger partial charge < -0.3 is 5.11 Å². The largest absolute Gasteiger partial charge is 0.388 e. The molecule has 3 atom stereocenters. The number of pyridine rings is 1. The van der Waals surface area contributed by atoms with Gasteiger partial charge >= 0.3 is 0 Å². The van der Waals surface area contributed by atoms with Crippen LogP contribution in [-0.2, 0) is 0 Å². The summed E-state index contributed by atoms with van der Waals surface area (Å²) in [7, 11) is 0. The summed E-state index contributed by atoms with van der Waals surface area (Å²) in [4.78, 5) is 4.06. The predicted octanol–water partition coefficient (Wildman–Crippen LogP) is 2.94. The Bertz CT molecular complexity index is 299. The van der Waals surface area contributed by atoms with Gasteiger partial charge in [-0.2, -0.15) is 0 Å². The Kier molecular flexibility index (Phi) is 3.37. The van der Waals surface area contributed by atoms with Crippen molar-refractivity contribution >= 4 is 0 Å². The molecular weight excluding hydrogens is 186 g/mol. The smallest absolute Gasteiger partial charge is 0.0833 e. The first-order valence-electron chi connectivity index (χ1n) is 5.89. The van der Waals surface area contributed by atoms with E-state index in [2.05, 4.69) is 11.9 Å². The molecule has 0 saturated heterocycles. The molecule has 15 heavy (non-hydrogen) atoms. The highest BCUT2D eigenvalue weighted by molar-refractivity contribution is 5.13. The number of aliphatic hydroxyl groups excluding tert-OH is 1. The van der Waals surface area contributed by atoms with Crippen LogP contribution >= 0.6 is 0 Å². The van der Waals surface area contributed by atoms with E-state index in [1.54, 1.807) is 12.4 Å². The van der Waals surface area contributed by atoms with E-state index in [4.69, 9.17) is 0 Å². The van der Waals surface area contributed by atoms with E-state index >= 15 is 0 Å². The third-order valence-corrected chi connectivity index (χ3v) is 3.63. The van der Waals surface area contributed by atoms with Crippen molar-refractivity contribution < 1.29 is 5.11 Å². The summed E-state index contributed by atoms with van der Waals surface area (Å²) >= 11 is 0. The third-order valence-electron chi connectivity index (χ3n) is 3.63. The van der Waals surface area contributed by atoms with Crippen molar-refractivity contribution in [2.75, 3.05) is 0 Å². The molecule has 1 aliphatic carbocycles. The van der Waals surface area contributed by atoms with E-state index in [1.165, 1.54) is 19.3 Å². The fourth-order valence-electron chi connectivity index (χ4n) is 2.59. The Morgan fingerprint density at radius 1 is 1.53 bits per heavy atom. The number of aromatic nitrogens is 1. The lowest BCUT2D eigenvalue weighted by Gasteiger charge is -2.18. The highest BCUT2D eigenvalue weighted by Gasteiger charge is 2.29. The lowest BCUT2D eigenvalue weighted by atomic mass is 9.94. The first-order valence-corrected chi connectivity index (χ1v) is 5.89. The van der Waals surface area contributed by atoms with E-state index in [0.29, 0.717) is 5.92 Å². The van der Waals surface area contributed by atoms with Gasteiger partial charge in [0.25, 0.3) is 0 Å². The van der Waals surface area contributed by atoms with Gasteiger partial charge in [-0.1, -0.05) is 25.8 Å². The second kappa shape index (κ2) is 4.75. The first kappa shape index (κ1) is 10.6. The molecule has 2 rings (SSSR count). The van der Waals surface area contributed by atoms with Crippen LogP contribution in [0.4, 0.5) is 0 Å². The van der Waals surface area contributed by atoms with Crippen molar-refractivity contribution in [3.63, 3.8) is 0 Å². The van der Waals surface area contributed by atoms with Crippen molar-refractivity contribution in [3.8, 4) is 0 Å². The molecule has 0 radical (unpaired) electrons. The van der Waals surface area contributed by atoms with Gasteiger partial charge in [0.05, 0.1) is 6.10 Å². The zero-order chi connectivity index (χ0) is 10.7. The van der Waals surface area contributed by atoms with Gasteiger partial charge in [-0.15, -0.1) is 0 Å². The molecule has 2 nitrogen and oxygen atoms in total. The molecule has 0 amide bonds. The standard InChI is InChI=1S/C13H19NO/c1-2-10-5-6-11(8-10)13(15)12-4-3-7-14-9-12/h3-4,7,9-11,13,15H,2,5-6,8H2,1H3. The highest BCUT2D eigenvalue weighted by atomic mass is 16.3. The molecule has 0 aliphatic heterocycles. The zero-order valence-electron chi connectivity index (χ0n) is 9.26. The molecule has 1 aromatic heterocycles. The maximum atomic E-state index is 10.2. The maximum absolute atomic E-state index is 10.2. The SMILES string of the molecule is CCC1CCC(C(O)c2cccnc2)C1. The second-order valence-electron chi connectivity index (χ2n) is 4.58. The minimum atomic E-state index is -0.310. The van der Waals surface area contributed by atoms with Gasteiger partial charge in [0.2, 0.25) is 0 Å². The quantitative estimate of drug-likeness (QED) is 0.823. The molecule has 0 bridgehead atoms. The molecule has 82 valence electrons. The molecule has 1 fully saturated rings. The molecule has 2 heteroatoms. The Balaban J connectivity index is 2.00. The van der Waals surface area contributed by atoms with E-state index < -0.39 is 0 Å². The fraction of sp³-hybridized carbons (Fsp3) is 0.615. The Labute approximate surface area is 91.4 Å². The van der Waals surface area contributed by atoms with Crippen LogP contribution < -0.4 is 0 Å². The minimum absolute atomic E-state index is 0.310. The Hall–Kier alpha value is -0.890. The molecular formula is C13H19NO. The fourth-order valence-corrected chi connectivity index (χ4v) is 2.59. The van der Waals surface area contributed by atoms with Crippen LogP contribution in [-0.4, -0.2) is 10.1 Å². The van der Waals surface area contributed by atoms with Crippen molar-refractivity contribution in [2.24, 2.45) is 11.8 Å². The number of rotatable bonds is 3. The zero-order valence-corrected chi connectivity index (χ0v) is 9.26. The average Bonchev–Trinajstić information content (AvgIpc) is 2.78. The molecule has 0 spiro atoms. The van der Waals surface area contributed by atoms with E-state index in [9.17, 15) is 5.11 Å². The normalized spacial score (nSPS) is 27.9. The van der Waals surface area contributed by atoms with Crippen LogP contribution in [0.1, 0.15) is 44.3 Å². The number of nitrogens with zero attached hydrogens (tertiary/aromatic N) is 1. The number of aliphatic hydroxyl groups is 1. The molecule has 1 aromatic rings. The maximum Gasteiger partial charge on any atom is 0.0833 e. The van der Waals surface area contributed by atoms with Crippen LogP contribution in [0, 0.1) is 11.8 Å². The second-order valence-corrected chi connectivity index (χ2v) is 4.58. The lowest BCUT2D eigenvalue weighted by molar-refractivity contribution is 0.109. The summed E-state index contributed by atoms with van der Waals surface area (Å²) in [5.41, 5.74) is 0.972. The molecule has 1 aliphatic rings. The summed E-state index contributed by atoms with van der Waals surface area (Å²) < 4.78 is 0. The molecule has 1 saturated carbocycles.